The zero-order chi connectivity index (χ0) is 15.7. The van der Waals surface area contributed by atoms with Gasteiger partial charge in [0.1, 0.15) is 5.56 Å². The quantitative estimate of drug-likeness (QED) is 0.858. The van der Waals surface area contributed by atoms with Gasteiger partial charge in [0.15, 0.2) is 6.61 Å². The topological polar surface area (TPSA) is 98.7 Å². The van der Waals surface area contributed by atoms with Crippen molar-refractivity contribution in [3.05, 3.63) is 41.1 Å². The molecule has 2 heterocycles. The molecule has 1 aromatic carbocycles. The Bertz CT molecular complexity index is 719. The van der Waals surface area contributed by atoms with Crippen molar-refractivity contribution in [1.82, 2.24) is 5.16 Å². The molecule has 1 aliphatic heterocycles. The maximum absolute atomic E-state index is 12.2. The number of nitrogens with two attached hydrogens (primary N) is 1. The van der Waals surface area contributed by atoms with E-state index in [4.69, 9.17) is 15.0 Å². The first-order chi connectivity index (χ1) is 10.6. The summed E-state index contributed by atoms with van der Waals surface area (Å²) in [5, 5.41) is 3.58. The molecule has 2 aromatic rings. The molecule has 0 saturated heterocycles. The Morgan fingerprint density at radius 3 is 2.91 bits per heavy atom. The maximum atomic E-state index is 12.2. The van der Waals surface area contributed by atoms with Gasteiger partial charge in [0.2, 0.25) is 5.88 Å². The molecule has 0 saturated carbocycles. The van der Waals surface area contributed by atoms with E-state index in [1.165, 1.54) is 0 Å². The Morgan fingerprint density at radius 1 is 1.41 bits per heavy atom. The first kappa shape index (κ1) is 14.1. The van der Waals surface area contributed by atoms with E-state index in [-0.39, 0.29) is 24.0 Å². The van der Waals surface area contributed by atoms with Crippen molar-refractivity contribution >= 4 is 23.4 Å². The van der Waals surface area contributed by atoms with Crippen LogP contribution in [0, 0.1) is 6.92 Å². The van der Waals surface area contributed by atoms with Gasteiger partial charge in [0.25, 0.3) is 5.91 Å². The van der Waals surface area contributed by atoms with Crippen molar-refractivity contribution in [2.24, 2.45) is 0 Å². The van der Waals surface area contributed by atoms with E-state index < -0.39 is 5.97 Å². The summed E-state index contributed by atoms with van der Waals surface area (Å²) < 4.78 is 9.73. The molecular weight excluding hydrogens is 286 g/mol. The number of para-hydroxylation sites is 1. The molecule has 0 unspecified atom stereocenters. The van der Waals surface area contributed by atoms with Gasteiger partial charge in [-0.15, -0.1) is 0 Å². The van der Waals surface area contributed by atoms with E-state index in [0.29, 0.717) is 12.2 Å². The number of benzene rings is 1. The number of aryl methyl sites for hydroxylation is 1. The van der Waals surface area contributed by atoms with Gasteiger partial charge >= 0.3 is 5.97 Å². The fourth-order valence-electron chi connectivity index (χ4n) is 2.51. The predicted molar refractivity (Wildman–Crippen MR) is 78.4 cm³/mol. The number of anilines is 2. The molecule has 1 amide bonds. The number of amides is 1. The lowest BCUT2D eigenvalue weighted by Gasteiger charge is -2.17. The summed E-state index contributed by atoms with van der Waals surface area (Å²) in [6.07, 6.45) is 0.799. The van der Waals surface area contributed by atoms with Crippen LogP contribution in [-0.2, 0) is 16.0 Å². The van der Waals surface area contributed by atoms with E-state index in [9.17, 15) is 9.59 Å². The molecule has 7 heteroatoms. The van der Waals surface area contributed by atoms with Crippen molar-refractivity contribution in [2.45, 2.75) is 13.3 Å². The summed E-state index contributed by atoms with van der Waals surface area (Å²) in [6.45, 7) is 1.82. The molecule has 3 rings (SSSR count). The third-order valence-corrected chi connectivity index (χ3v) is 3.61. The number of fused-ring (bicyclic) bond motifs is 1. The second-order valence-electron chi connectivity index (χ2n) is 5.01. The standard InChI is InChI=1S/C15H15N3O4/c1-9-13(14(16)22-17-9)15(20)21-8-12(19)18-7-6-10-4-2-3-5-11(10)18/h2-5H,6-8,16H2,1H3. The number of hydrogen-bond donors (Lipinski definition) is 1. The van der Waals surface area contributed by atoms with E-state index in [1.807, 2.05) is 24.3 Å². The SMILES string of the molecule is Cc1noc(N)c1C(=O)OCC(=O)N1CCc2ccccc21. The van der Waals surface area contributed by atoms with Gasteiger partial charge in [-0.25, -0.2) is 4.79 Å². The van der Waals surface area contributed by atoms with Crippen LogP contribution in [0.3, 0.4) is 0 Å². The lowest BCUT2D eigenvalue weighted by Crippen LogP contribution is -2.33. The Hall–Kier alpha value is -2.83. The number of carbonyl (C=O) groups is 2. The van der Waals surface area contributed by atoms with Crippen molar-refractivity contribution < 1.29 is 18.8 Å². The molecule has 0 radical (unpaired) electrons. The molecule has 0 aliphatic carbocycles. The highest BCUT2D eigenvalue weighted by Crippen LogP contribution is 2.27. The zero-order valence-corrected chi connectivity index (χ0v) is 12.0. The minimum absolute atomic E-state index is 0.0645. The Morgan fingerprint density at radius 2 is 2.18 bits per heavy atom. The monoisotopic (exact) mass is 301 g/mol. The number of esters is 1. The molecule has 1 aromatic heterocycles. The summed E-state index contributed by atoms with van der Waals surface area (Å²) >= 11 is 0. The molecule has 2 N–H and O–H groups in total. The van der Waals surface area contributed by atoms with Crippen LogP contribution in [-0.4, -0.2) is 30.2 Å². The number of ether oxygens (including phenoxy) is 1. The number of carbonyl (C=O) groups excluding carboxylic acids is 2. The summed E-state index contributed by atoms with van der Waals surface area (Å²) in [5.41, 5.74) is 7.89. The Kier molecular flexibility index (Phi) is 3.54. The zero-order valence-electron chi connectivity index (χ0n) is 12.0. The van der Waals surface area contributed by atoms with E-state index >= 15 is 0 Å². The lowest BCUT2D eigenvalue weighted by molar-refractivity contribution is -0.121. The molecule has 114 valence electrons. The minimum atomic E-state index is -0.711. The number of hydrogen-bond acceptors (Lipinski definition) is 6. The van der Waals surface area contributed by atoms with Gasteiger partial charge in [-0.2, -0.15) is 0 Å². The van der Waals surface area contributed by atoms with Gasteiger partial charge in [-0.1, -0.05) is 23.4 Å². The molecule has 0 atom stereocenters. The third kappa shape index (κ3) is 2.41. The van der Waals surface area contributed by atoms with Crippen LogP contribution in [0.25, 0.3) is 0 Å². The summed E-state index contributed by atoms with van der Waals surface area (Å²) in [5.74, 6) is -1.09. The summed E-state index contributed by atoms with van der Waals surface area (Å²) in [6, 6.07) is 7.67. The fourth-order valence-corrected chi connectivity index (χ4v) is 2.51. The van der Waals surface area contributed by atoms with Crippen LogP contribution in [0.4, 0.5) is 11.6 Å². The molecule has 0 fully saturated rings. The maximum Gasteiger partial charge on any atom is 0.346 e. The Balaban J connectivity index is 1.65. The highest BCUT2D eigenvalue weighted by Gasteiger charge is 2.26. The van der Waals surface area contributed by atoms with Crippen molar-refractivity contribution in [1.29, 1.82) is 0 Å². The van der Waals surface area contributed by atoms with Gasteiger partial charge in [-0.3, -0.25) is 4.79 Å². The van der Waals surface area contributed by atoms with E-state index in [1.54, 1.807) is 11.8 Å². The average molecular weight is 301 g/mol. The second kappa shape index (κ2) is 5.51. The lowest BCUT2D eigenvalue weighted by atomic mass is 10.2. The van der Waals surface area contributed by atoms with Crippen LogP contribution in [0.2, 0.25) is 0 Å². The van der Waals surface area contributed by atoms with Gasteiger partial charge in [0.05, 0.1) is 5.69 Å². The van der Waals surface area contributed by atoms with E-state index in [2.05, 4.69) is 5.16 Å². The van der Waals surface area contributed by atoms with Crippen LogP contribution >= 0.6 is 0 Å². The van der Waals surface area contributed by atoms with Gasteiger partial charge in [0, 0.05) is 12.2 Å². The molecule has 0 spiro atoms. The molecule has 0 bridgehead atoms. The molecular formula is C15H15N3O4. The fraction of sp³-hybridized carbons (Fsp3) is 0.267. The number of aromatic nitrogens is 1. The third-order valence-electron chi connectivity index (χ3n) is 3.61. The number of nitrogen functional groups attached to an aromatic ring is 1. The first-order valence-electron chi connectivity index (χ1n) is 6.85. The van der Waals surface area contributed by atoms with Crippen LogP contribution in [0.1, 0.15) is 21.6 Å². The largest absolute Gasteiger partial charge is 0.452 e. The smallest absolute Gasteiger partial charge is 0.346 e. The molecule has 1 aliphatic rings. The van der Waals surface area contributed by atoms with Crippen LogP contribution in [0.15, 0.2) is 28.8 Å². The summed E-state index contributed by atoms with van der Waals surface area (Å²) in [4.78, 5) is 25.8. The normalized spacial score (nSPS) is 13.0. The second-order valence-corrected chi connectivity index (χ2v) is 5.01. The number of rotatable bonds is 3. The van der Waals surface area contributed by atoms with Crippen LogP contribution < -0.4 is 10.6 Å². The highest BCUT2D eigenvalue weighted by atomic mass is 16.5. The minimum Gasteiger partial charge on any atom is -0.452 e. The van der Waals surface area contributed by atoms with Crippen molar-refractivity contribution in [3.63, 3.8) is 0 Å². The molecule has 7 nitrogen and oxygen atoms in total. The predicted octanol–water partition coefficient (Wildman–Crippen LogP) is 1.31. The van der Waals surface area contributed by atoms with E-state index in [0.717, 1.165) is 17.7 Å². The summed E-state index contributed by atoms with van der Waals surface area (Å²) in [7, 11) is 0. The van der Waals surface area contributed by atoms with Crippen molar-refractivity contribution in [2.75, 3.05) is 23.8 Å². The molecule has 22 heavy (non-hydrogen) atoms. The van der Waals surface area contributed by atoms with Crippen LogP contribution in [0.5, 0.6) is 0 Å². The Labute approximate surface area is 126 Å². The first-order valence-corrected chi connectivity index (χ1v) is 6.85. The van der Waals surface area contributed by atoms with Crippen molar-refractivity contribution in [3.8, 4) is 0 Å². The highest BCUT2D eigenvalue weighted by molar-refractivity contribution is 6.00. The average Bonchev–Trinajstić information content (AvgIpc) is 3.08. The van der Waals surface area contributed by atoms with Gasteiger partial charge < -0.3 is 19.9 Å². The van der Waals surface area contributed by atoms with Gasteiger partial charge in [-0.05, 0) is 25.0 Å². The number of nitrogens with zero attached hydrogens (tertiary/aromatic N) is 2.